The standard InChI is InChI=1S/C16H17Cl2N5O/c17-11-4-1-3-10(7-11)9-19-16(24)14-15(22-23-21-14)20-13-6-2-5-12(18)8-13/h1-8,14-15,20-23H,9H2,(H,19,24). The topological polar surface area (TPSA) is 77.2 Å². The Labute approximate surface area is 149 Å². The van der Waals surface area contributed by atoms with Crippen LogP contribution in [0.25, 0.3) is 0 Å². The summed E-state index contributed by atoms with van der Waals surface area (Å²) in [4.78, 5) is 12.4. The van der Waals surface area contributed by atoms with Crippen LogP contribution in [-0.4, -0.2) is 18.1 Å². The lowest BCUT2D eigenvalue weighted by Gasteiger charge is -2.20. The SMILES string of the molecule is O=C(NCc1cccc(Cl)c1)C1NNNC1Nc1cccc(Cl)c1. The van der Waals surface area contributed by atoms with Crippen molar-refractivity contribution in [2.45, 2.75) is 18.8 Å². The van der Waals surface area contributed by atoms with E-state index in [1.54, 1.807) is 18.2 Å². The molecule has 6 nitrogen and oxygen atoms in total. The maximum Gasteiger partial charge on any atom is 0.242 e. The van der Waals surface area contributed by atoms with Crippen molar-refractivity contribution in [1.29, 1.82) is 0 Å². The second-order valence-corrected chi connectivity index (χ2v) is 6.24. The molecule has 0 aromatic heterocycles. The number of rotatable bonds is 5. The predicted octanol–water partition coefficient (Wildman–Crippen LogP) is 2.03. The van der Waals surface area contributed by atoms with E-state index in [1.807, 2.05) is 30.3 Å². The van der Waals surface area contributed by atoms with Crippen LogP contribution in [0.1, 0.15) is 5.56 Å². The van der Waals surface area contributed by atoms with Crippen molar-refractivity contribution in [2.75, 3.05) is 5.32 Å². The van der Waals surface area contributed by atoms with Crippen molar-refractivity contribution in [1.82, 2.24) is 21.7 Å². The number of amides is 1. The van der Waals surface area contributed by atoms with Crippen LogP contribution >= 0.6 is 23.2 Å². The van der Waals surface area contributed by atoms with Gasteiger partial charge in [-0.3, -0.25) is 4.79 Å². The Bertz CT molecular complexity index is 727. The first kappa shape index (κ1) is 17.0. The molecule has 2 unspecified atom stereocenters. The molecule has 3 rings (SSSR count). The quantitative estimate of drug-likeness (QED) is 0.560. The lowest BCUT2D eigenvalue weighted by molar-refractivity contribution is -0.123. The van der Waals surface area contributed by atoms with Crippen LogP contribution in [0.5, 0.6) is 0 Å². The fraction of sp³-hybridized carbons (Fsp3) is 0.188. The van der Waals surface area contributed by atoms with Crippen LogP contribution < -0.4 is 27.0 Å². The zero-order valence-corrected chi connectivity index (χ0v) is 14.2. The van der Waals surface area contributed by atoms with Crippen molar-refractivity contribution in [2.24, 2.45) is 0 Å². The molecular formula is C16H17Cl2N5O. The van der Waals surface area contributed by atoms with E-state index >= 15 is 0 Å². The van der Waals surface area contributed by atoms with E-state index in [-0.39, 0.29) is 12.1 Å². The molecular weight excluding hydrogens is 349 g/mol. The fourth-order valence-electron chi connectivity index (χ4n) is 2.40. The molecule has 1 amide bonds. The number of carbonyl (C=O) groups excluding carboxylic acids is 1. The van der Waals surface area contributed by atoms with E-state index in [1.165, 1.54) is 0 Å². The molecule has 5 N–H and O–H groups in total. The van der Waals surface area contributed by atoms with Gasteiger partial charge in [-0.15, -0.1) is 0 Å². The Kier molecular flexibility index (Phi) is 5.55. The van der Waals surface area contributed by atoms with Crippen LogP contribution in [0, 0.1) is 0 Å². The van der Waals surface area contributed by atoms with Crippen LogP contribution in [0.4, 0.5) is 5.69 Å². The van der Waals surface area contributed by atoms with Gasteiger partial charge in [0.05, 0.1) is 0 Å². The number of halogens is 2. The van der Waals surface area contributed by atoms with Crippen molar-refractivity contribution >= 4 is 34.8 Å². The summed E-state index contributed by atoms with van der Waals surface area (Å²) in [7, 11) is 0. The maximum atomic E-state index is 12.4. The van der Waals surface area contributed by atoms with Gasteiger partial charge >= 0.3 is 0 Å². The lowest BCUT2D eigenvalue weighted by Crippen LogP contribution is -2.50. The van der Waals surface area contributed by atoms with Gasteiger partial charge < -0.3 is 10.6 Å². The van der Waals surface area contributed by atoms with Crippen LogP contribution in [0.15, 0.2) is 48.5 Å². The smallest absolute Gasteiger partial charge is 0.242 e. The van der Waals surface area contributed by atoms with Crippen molar-refractivity contribution in [3.8, 4) is 0 Å². The van der Waals surface area contributed by atoms with Gasteiger partial charge in [-0.2, -0.15) is 5.53 Å². The summed E-state index contributed by atoms with van der Waals surface area (Å²) < 4.78 is 0. The Morgan fingerprint density at radius 3 is 2.54 bits per heavy atom. The maximum absolute atomic E-state index is 12.4. The minimum absolute atomic E-state index is 0.146. The van der Waals surface area contributed by atoms with Crippen LogP contribution in [0.2, 0.25) is 10.0 Å². The Hall–Kier alpha value is -1.83. The normalized spacial score (nSPS) is 19.9. The highest BCUT2D eigenvalue weighted by Gasteiger charge is 2.32. The van der Waals surface area contributed by atoms with Crippen molar-refractivity contribution in [3.63, 3.8) is 0 Å². The summed E-state index contributed by atoms with van der Waals surface area (Å²) in [5.41, 5.74) is 10.4. The third-order valence-corrected chi connectivity index (χ3v) is 4.04. The molecule has 2 atom stereocenters. The molecule has 1 saturated heterocycles. The molecule has 2 aromatic rings. The number of hydrogen-bond acceptors (Lipinski definition) is 5. The lowest BCUT2D eigenvalue weighted by atomic mass is 10.2. The first-order valence-electron chi connectivity index (χ1n) is 7.42. The van der Waals surface area contributed by atoms with E-state index in [0.717, 1.165) is 11.3 Å². The van der Waals surface area contributed by atoms with Gasteiger partial charge in [-0.1, -0.05) is 41.4 Å². The highest BCUT2D eigenvalue weighted by atomic mass is 35.5. The zero-order chi connectivity index (χ0) is 16.9. The third kappa shape index (κ3) is 4.37. The molecule has 1 aliphatic rings. The van der Waals surface area contributed by atoms with E-state index < -0.39 is 6.04 Å². The molecule has 0 bridgehead atoms. The Morgan fingerprint density at radius 2 is 1.79 bits per heavy atom. The summed E-state index contributed by atoms with van der Waals surface area (Å²) in [6, 6.07) is 14.2. The Morgan fingerprint density at radius 1 is 1.04 bits per heavy atom. The summed E-state index contributed by atoms with van der Waals surface area (Å²) in [5.74, 6) is -0.146. The molecule has 24 heavy (non-hydrogen) atoms. The van der Waals surface area contributed by atoms with Gasteiger partial charge in [0.25, 0.3) is 0 Å². The van der Waals surface area contributed by atoms with Gasteiger partial charge in [0.2, 0.25) is 5.91 Å². The summed E-state index contributed by atoms with van der Waals surface area (Å²) in [6.07, 6.45) is -0.331. The highest BCUT2D eigenvalue weighted by Crippen LogP contribution is 2.16. The van der Waals surface area contributed by atoms with E-state index in [4.69, 9.17) is 23.2 Å². The summed E-state index contributed by atoms with van der Waals surface area (Å²) in [5, 5.41) is 7.38. The van der Waals surface area contributed by atoms with Gasteiger partial charge in [-0.25, -0.2) is 10.9 Å². The molecule has 0 spiro atoms. The largest absolute Gasteiger partial charge is 0.367 e. The average Bonchev–Trinajstić information content (AvgIpc) is 3.01. The number of benzene rings is 2. The van der Waals surface area contributed by atoms with E-state index in [0.29, 0.717) is 16.6 Å². The van der Waals surface area contributed by atoms with Gasteiger partial charge in [0.1, 0.15) is 12.2 Å². The number of anilines is 1. The zero-order valence-electron chi connectivity index (χ0n) is 12.6. The van der Waals surface area contributed by atoms with Gasteiger partial charge in [0, 0.05) is 22.3 Å². The highest BCUT2D eigenvalue weighted by molar-refractivity contribution is 6.31. The molecule has 0 radical (unpaired) electrons. The number of carbonyl (C=O) groups is 1. The molecule has 0 aliphatic carbocycles. The second kappa shape index (κ2) is 7.83. The third-order valence-electron chi connectivity index (χ3n) is 3.57. The molecule has 1 heterocycles. The summed E-state index contributed by atoms with van der Waals surface area (Å²) >= 11 is 11.9. The Balaban J connectivity index is 1.59. The molecule has 1 aliphatic heterocycles. The number of hydrazine groups is 2. The van der Waals surface area contributed by atoms with Crippen molar-refractivity contribution in [3.05, 3.63) is 64.1 Å². The molecule has 0 saturated carbocycles. The average molecular weight is 366 g/mol. The van der Waals surface area contributed by atoms with Crippen LogP contribution in [0.3, 0.4) is 0 Å². The van der Waals surface area contributed by atoms with Gasteiger partial charge in [-0.05, 0) is 35.9 Å². The molecule has 1 fully saturated rings. The number of hydrogen-bond donors (Lipinski definition) is 5. The van der Waals surface area contributed by atoms with E-state index in [2.05, 4.69) is 27.0 Å². The van der Waals surface area contributed by atoms with E-state index in [9.17, 15) is 4.79 Å². The fourth-order valence-corrected chi connectivity index (χ4v) is 2.81. The minimum atomic E-state index is -0.497. The minimum Gasteiger partial charge on any atom is -0.367 e. The van der Waals surface area contributed by atoms with Gasteiger partial charge in [0.15, 0.2) is 0 Å². The predicted molar refractivity (Wildman–Crippen MR) is 95.4 cm³/mol. The first-order valence-corrected chi connectivity index (χ1v) is 8.18. The van der Waals surface area contributed by atoms with Crippen molar-refractivity contribution < 1.29 is 4.79 Å². The first-order chi connectivity index (χ1) is 11.6. The molecule has 2 aromatic carbocycles. The monoisotopic (exact) mass is 365 g/mol. The number of nitrogens with one attached hydrogen (secondary N) is 5. The molecule has 126 valence electrons. The summed E-state index contributed by atoms with van der Waals surface area (Å²) in [6.45, 7) is 0.404. The molecule has 8 heteroatoms. The second-order valence-electron chi connectivity index (χ2n) is 5.37. The van der Waals surface area contributed by atoms with Crippen LogP contribution in [-0.2, 0) is 11.3 Å².